The van der Waals surface area contributed by atoms with Crippen LogP contribution >= 0.6 is 0 Å². The van der Waals surface area contributed by atoms with Crippen molar-refractivity contribution in [3.63, 3.8) is 0 Å². The molecule has 0 amide bonds. The molecule has 0 atom stereocenters. The SMILES string of the molecule is C=C(C)c1cncc(OCc2cccc(-c3ccc(CN(CC)c4ccc(C)cc4)cc3)n2)c1. The third kappa shape index (κ3) is 5.90. The standard InChI is InChI=1S/C30H31N3O/c1-5-33(28-15-9-23(4)10-16-28)20-24-11-13-25(14-12-24)30-8-6-7-27(32-30)21-34-29-17-26(22(2)3)18-31-19-29/h6-19H,2,5,20-21H2,1,3-4H3. The van der Waals surface area contributed by atoms with Gasteiger partial charge in [-0.25, -0.2) is 4.98 Å². The van der Waals surface area contributed by atoms with E-state index in [1.54, 1.807) is 12.4 Å². The average Bonchev–Trinajstić information content (AvgIpc) is 2.87. The summed E-state index contributed by atoms with van der Waals surface area (Å²) in [6.07, 6.45) is 3.50. The molecular weight excluding hydrogens is 418 g/mol. The maximum absolute atomic E-state index is 5.93. The van der Waals surface area contributed by atoms with E-state index in [9.17, 15) is 0 Å². The minimum atomic E-state index is 0.384. The number of aromatic nitrogens is 2. The minimum Gasteiger partial charge on any atom is -0.486 e. The van der Waals surface area contributed by atoms with E-state index in [0.29, 0.717) is 12.4 Å². The summed E-state index contributed by atoms with van der Waals surface area (Å²) in [4.78, 5) is 11.4. The number of aryl methyl sites for hydroxylation is 1. The first-order chi connectivity index (χ1) is 16.5. The van der Waals surface area contributed by atoms with Crippen molar-refractivity contribution in [2.45, 2.75) is 33.9 Å². The molecule has 0 saturated heterocycles. The Labute approximate surface area is 202 Å². The smallest absolute Gasteiger partial charge is 0.138 e. The van der Waals surface area contributed by atoms with Crippen molar-refractivity contribution in [1.82, 2.24) is 9.97 Å². The fraction of sp³-hybridized carbons (Fsp3) is 0.200. The van der Waals surface area contributed by atoms with Crippen molar-refractivity contribution in [3.8, 4) is 17.0 Å². The summed E-state index contributed by atoms with van der Waals surface area (Å²) < 4.78 is 5.93. The molecule has 0 unspecified atom stereocenters. The largest absolute Gasteiger partial charge is 0.486 e. The second-order valence-electron chi connectivity index (χ2n) is 8.54. The van der Waals surface area contributed by atoms with E-state index in [1.807, 2.05) is 31.2 Å². The van der Waals surface area contributed by atoms with Crippen LogP contribution in [0.25, 0.3) is 16.8 Å². The zero-order valence-corrected chi connectivity index (χ0v) is 20.2. The van der Waals surface area contributed by atoms with Crippen LogP contribution in [0.2, 0.25) is 0 Å². The molecular formula is C30H31N3O. The molecule has 0 bridgehead atoms. The van der Waals surface area contributed by atoms with Gasteiger partial charge in [0.25, 0.3) is 0 Å². The van der Waals surface area contributed by atoms with Crippen molar-refractivity contribution in [1.29, 1.82) is 0 Å². The van der Waals surface area contributed by atoms with Crippen molar-refractivity contribution in [3.05, 3.63) is 114 Å². The van der Waals surface area contributed by atoms with Crippen LogP contribution in [0.3, 0.4) is 0 Å². The number of benzene rings is 2. The molecule has 4 aromatic rings. The monoisotopic (exact) mass is 449 g/mol. The molecule has 2 aromatic heterocycles. The van der Waals surface area contributed by atoms with Gasteiger partial charge in [-0.2, -0.15) is 0 Å². The minimum absolute atomic E-state index is 0.384. The number of allylic oxidation sites excluding steroid dienone is 1. The number of pyridine rings is 2. The van der Waals surface area contributed by atoms with Crippen LogP contribution in [0, 0.1) is 6.92 Å². The van der Waals surface area contributed by atoms with Crippen LogP contribution in [0.1, 0.15) is 36.2 Å². The Morgan fingerprint density at radius 1 is 0.971 bits per heavy atom. The van der Waals surface area contributed by atoms with Crippen molar-refractivity contribution in [2.24, 2.45) is 0 Å². The average molecular weight is 450 g/mol. The molecule has 0 aliphatic carbocycles. The predicted molar refractivity (Wildman–Crippen MR) is 141 cm³/mol. The summed E-state index contributed by atoms with van der Waals surface area (Å²) in [6.45, 7) is 12.4. The number of rotatable bonds is 9. The first-order valence-electron chi connectivity index (χ1n) is 11.6. The zero-order chi connectivity index (χ0) is 23.9. The molecule has 0 aliphatic rings. The van der Waals surface area contributed by atoms with Crippen LogP contribution in [0.5, 0.6) is 5.75 Å². The Bertz CT molecular complexity index is 1250. The van der Waals surface area contributed by atoms with Gasteiger partial charge in [-0.15, -0.1) is 0 Å². The molecule has 4 heteroatoms. The van der Waals surface area contributed by atoms with E-state index in [1.165, 1.54) is 16.8 Å². The number of ether oxygens (including phenoxy) is 1. The summed E-state index contributed by atoms with van der Waals surface area (Å²) in [6, 6.07) is 25.4. The number of hydrogen-bond acceptors (Lipinski definition) is 4. The third-order valence-corrected chi connectivity index (χ3v) is 5.80. The summed E-state index contributed by atoms with van der Waals surface area (Å²) in [5.74, 6) is 0.714. The van der Waals surface area contributed by atoms with Crippen LogP contribution in [-0.4, -0.2) is 16.5 Å². The summed E-state index contributed by atoms with van der Waals surface area (Å²) in [5, 5.41) is 0. The summed E-state index contributed by atoms with van der Waals surface area (Å²) in [5.41, 5.74) is 8.64. The van der Waals surface area contributed by atoms with Crippen LogP contribution in [-0.2, 0) is 13.2 Å². The van der Waals surface area contributed by atoms with Gasteiger partial charge in [0.2, 0.25) is 0 Å². The lowest BCUT2D eigenvalue weighted by molar-refractivity contribution is 0.300. The summed E-state index contributed by atoms with van der Waals surface area (Å²) in [7, 11) is 0. The molecule has 0 radical (unpaired) electrons. The van der Waals surface area contributed by atoms with Gasteiger partial charge in [0.15, 0.2) is 0 Å². The van der Waals surface area contributed by atoms with Crippen molar-refractivity contribution in [2.75, 3.05) is 11.4 Å². The van der Waals surface area contributed by atoms with Crippen LogP contribution < -0.4 is 9.64 Å². The first kappa shape index (κ1) is 23.2. The Morgan fingerprint density at radius 2 is 1.74 bits per heavy atom. The van der Waals surface area contributed by atoms with E-state index in [-0.39, 0.29) is 0 Å². The van der Waals surface area contributed by atoms with E-state index in [4.69, 9.17) is 9.72 Å². The predicted octanol–water partition coefficient (Wildman–Crippen LogP) is 7.09. The number of hydrogen-bond donors (Lipinski definition) is 0. The van der Waals surface area contributed by atoms with E-state index in [0.717, 1.165) is 41.2 Å². The van der Waals surface area contributed by atoms with Gasteiger partial charge in [-0.05, 0) is 67.8 Å². The van der Waals surface area contributed by atoms with Crippen molar-refractivity contribution >= 4 is 11.3 Å². The number of anilines is 1. The molecule has 0 saturated carbocycles. The molecule has 172 valence electrons. The molecule has 0 fully saturated rings. The molecule has 0 aliphatic heterocycles. The molecule has 4 rings (SSSR count). The second kappa shape index (κ2) is 10.8. The summed E-state index contributed by atoms with van der Waals surface area (Å²) >= 11 is 0. The lowest BCUT2D eigenvalue weighted by atomic mass is 10.1. The lowest BCUT2D eigenvalue weighted by Crippen LogP contribution is -2.21. The van der Waals surface area contributed by atoms with E-state index in [2.05, 4.69) is 78.8 Å². The maximum atomic E-state index is 5.93. The molecule has 0 spiro atoms. The highest BCUT2D eigenvalue weighted by molar-refractivity contribution is 5.61. The molecule has 34 heavy (non-hydrogen) atoms. The molecule has 2 heterocycles. The topological polar surface area (TPSA) is 38.2 Å². The van der Waals surface area contributed by atoms with Gasteiger partial charge in [0.1, 0.15) is 12.4 Å². The van der Waals surface area contributed by atoms with Crippen LogP contribution in [0.15, 0.2) is 91.8 Å². The lowest BCUT2D eigenvalue weighted by Gasteiger charge is -2.23. The highest BCUT2D eigenvalue weighted by Gasteiger charge is 2.07. The first-order valence-corrected chi connectivity index (χ1v) is 11.6. The van der Waals surface area contributed by atoms with Gasteiger partial charge in [-0.1, -0.05) is 54.6 Å². The maximum Gasteiger partial charge on any atom is 0.138 e. The van der Waals surface area contributed by atoms with Gasteiger partial charge >= 0.3 is 0 Å². The van der Waals surface area contributed by atoms with Gasteiger partial charge in [0, 0.05) is 30.5 Å². The van der Waals surface area contributed by atoms with Crippen molar-refractivity contribution < 1.29 is 4.74 Å². The Hall–Kier alpha value is -3.92. The zero-order valence-electron chi connectivity index (χ0n) is 20.2. The van der Waals surface area contributed by atoms with Gasteiger partial charge in [-0.3, -0.25) is 4.98 Å². The van der Waals surface area contributed by atoms with Crippen LogP contribution in [0.4, 0.5) is 5.69 Å². The molecule has 0 N–H and O–H groups in total. The normalized spacial score (nSPS) is 10.7. The Balaban J connectivity index is 1.42. The number of nitrogens with zero attached hydrogens (tertiary/aromatic N) is 3. The fourth-order valence-corrected chi connectivity index (χ4v) is 3.75. The fourth-order valence-electron chi connectivity index (χ4n) is 3.75. The Kier molecular flexibility index (Phi) is 7.38. The third-order valence-electron chi connectivity index (χ3n) is 5.80. The van der Waals surface area contributed by atoms with E-state index < -0.39 is 0 Å². The molecule has 2 aromatic carbocycles. The van der Waals surface area contributed by atoms with E-state index >= 15 is 0 Å². The quantitative estimate of drug-likeness (QED) is 0.273. The van der Waals surface area contributed by atoms with Gasteiger partial charge < -0.3 is 9.64 Å². The second-order valence-corrected chi connectivity index (χ2v) is 8.54. The Morgan fingerprint density at radius 3 is 2.44 bits per heavy atom. The molecule has 4 nitrogen and oxygen atoms in total. The highest BCUT2D eigenvalue weighted by Crippen LogP contribution is 2.22. The van der Waals surface area contributed by atoms with Gasteiger partial charge in [0.05, 0.1) is 17.6 Å². The highest BCUT2D eigenvalue weighted by atomic mass is 16.5.